The summed E-state index contributed by atoms with van der Waals surface area (Å²) in [7, 11) is 2.23. The van der Waals surface area contributed by atoms with Crippen molar-refractivity contribution >= 4 is 5.97 Å². The van der Waals surface area contributed by atoms with Crippen LogP contribution in [0.3, 0.4) is 0 Å². The van der Waals surface area contributed by atoms with Gasteiger partial charge in [0.1, 0.15) is 0 Å². The van der Waals surface area contributed by atoms with E-state index >= 15 is 0 Å². The minimum atomic E-state index is -0.636. The van der Waals surface area contributed by atoms with E-state index in [1.807, 2.05) is 0 Å². The summed E-state index contributed by atoms with van der Waals surface area (Å²) >= 11 is 0. The Morgan fingerprint density at radius 2 is 1.95 bits per heavy atom. The van der Waals surface area contributed by atoms with Crippen LogP contribution in [0.15, 0.2) is 0 Å². The van der Waals surface area contributed by atoms with Crippen molar-refractivity contribution in [3.63, 3.8) is 0 Å². The van der Waals surface area contributed by atoms with Crippen molar-refractivity contribution in [2.45, 2.75) is 44.2 Å². The second-order valence-corrected chi connectivity index (χ2v) is 6.77. The summed E-state index contributed by atoms with van der Waals surface area (Å²) in [6.07, 6.45) is 5.07. The van der Waals surface area contributed by atoms with E-state index in [2.05, 4.69) is 16.8 Å². The number of carbonyl (C=O) groups is 1. The van der Waals surface area contributed by atoms with Crippen LogP contribution in [-0.2, 0) is 9.53 Å². The third-order valence-corrected chi connectivity index (χ3v) is 5.66. The molecular formula is C15H26N2O3. The third kappa shape index (κ3) is 2.59. The minimum Gasteiger partial charge on any atom is -0.481 e. The molecular weight excluding hydrogens is 256 g/mol. The van der Waals surface area contributed by atoms with E-state index < -0.39 is 11.4 Å². The fraction of sp³-hybridized carbons (Fsp3) is 0.933. The molecule has 2 atom stereocenters. The molecule has 0 aromatic carbocycles. The molecule has 20 heavy (non-hydrogen) atoms. The molecule has 2 bridgehead atoms. The van der Waals surface area contributed by atoms with Crippen LogP contribution in [0.1, 0.15) is 32.1 Å². The van der Waals surface area contributed by atoms with Gasteiger partial charge in [-0.2, -0.15) is 0 Å². The first kappa shape index (κ1) is 14.3. The number of rotatable bonds is 3. The number of carboxylic acids is 1. The maximum atomic E-state index is 11.8. The Morgan fingerprint density at radius 1 is 1.25 bits per heavy atom. The summed E-state index contributed by atoms with van der Waals surface area (Å²) in [6, 6.07) is 1.33. The molecule has 3 aliphatic rings. The number of hydrogen-bond acceptors (Lipinski definition) is 4. The number of hydrogen-bond donors (Lipinski definition) is 1. The molecule has 5 heteroatoms. The lowest BCUT2D eigenvalue weighted by Crippen LogP contribution is -2.48. The summed E-state index contributed by atoms with van der Waals surface area (Å²) < 4.78 is 5.37. The number of nitrogens with zero attached hydrogens (tertiary/aromatic N) is 2. The molecule has 0 aliphatic carbocycles. The number of carboxylic acid groups (broad SMARTS) is 1. The van der Waals surface area contributed by atoms with Crippen molar-refractivity contribution in [3.8, 4) is 0 Å². The number of likely N-dealkylation sites (N-methyl/N-ethyl adjacent to an activating group) is 1. The van der Waals surface area contributed by atoms with Crippen LogP contribution >= 0.6 is 0 Å². The van der Waals surface area contributed by atoms with Gasteiger partial charge in [0.25, 0.3) is 0 Å². The molecule has 0 spiro atoms. The van der Waals surface area contributed by atoms with E-state index in [9.17, 15) is 9.90 Å². The first-order valence-corrected chi connectivity index (χ1v) is 7.86. The highest BCUT2D eigenvalue weighted by Crippen LogP contribution is 2.34. The van der Waals surface area contributed by atoms with Crippen molar-refractivity contribution in [2.75, 3.05) is 39.9 Å². The molecule has 3 saturated heterocycles. The first-order chi connectivity index (χ1) is 9.61. The topological polar surface area (TPSA) is 53.0 Å². The lowest BCUT2D eigenvalue weighted by molar-refractivity contribution is -0.156. The van der Waals surface area contributed by atoms with Gasteiger partial charge in [-0.3, -0.25) is 9.69 Å². The van der Waals surface area contributed by atoms with Crippen LogP contribution in [0.2, 0.25) is 0 Å². The minimum absolute atomic E-state index is 0.583. The standard InChI is InChI=1S/C15H26N2O3/c1-16-12-2-3-13(16)10-17(7-4-12)11-15(14(18)19)5-8-20-9-6-15/h12-13H,2-11H2,1H3,(H,18,19). The van der Waals surface area contributed by atoms with Gasteiger partial charge in [0, 0.05) is 38.4 Å². The lowest BCUT2D eigenvalue weighted by atomic mass is 9.79. The highest BCUT2D eigenvalue weighted by Gasteiger charge is 2.43. The van der Waals surface area contributed by atoms with Crippen LogP contribution in [-0.4, -0.2) is 72.9 Å². The van der Waals surface area contributed by atoms with Gasteiger partial charge < -0.3 is 14.7 Å². The zero-order valence-corrected chi connectivity index (χ0v) is 12.4. The van der Waals surface area contributed by atoms with Gasteiger partial charge in [-0.25, -0.2) is 0 Å². The van der Waals surface area contributed by atoms with Gasteiger partial charge in [0.15, 0.2) is 0 Å². The fourth-order valence-electron chi connectivity index (χ4n) is 4.15. The maximum absolute atomic E-state index is 11.8. The highest BCUT2D eigenvalue weighted by molar-refractivity contribution is 5.75. The summed E-state index contributed by atoms with van der Waals surface area (Å²) in [6.45, 7) is 3.95. The average molecular weight is 282 g/mol. The van der Waals surface area contributed by atoms with Crippen LogP contribution in [0.4, 0.5) is 0 Å². The van der Waals surface area contributed by atoms with Crippen LogP contribution < -0.4 is 0 Å². The Kier molecular flexibility index (Phi) is 4.02. The predicted molar refractivity (Wildman–Crippen MR) is 75.8 cm³/mol. The highest BCUT2D eigenvalue weighted by atomic mass is 16.5. The molecule has 0 saturated carbocycles. The molecule has 3 fully saturated rings. The van der Waals surface area contributed by atoms with Crippen molar-refractivity contribution in [2.24, 2.45) is 5.41 Å². The van der Waals surface area contributed by atoms with E-state index in [1.165, 1.54) is 19.3 Å². The van der Waals surface area contributed by atoms with E-state index in [0.717, 1.165) is 13.1 Å². The maximum Gasteiger partial charge on any atom is 0.311 e. The normalized spacial score (nSPS) is 34.9. The lowest BCUT2D eigenvalue weighted by Gasteiger charge is -2.38. The molecule has 1 N–H and O–H groups in total. The van der Waals surface area contributed by atoms with Gasteiger partial charge >= 0.3 is 5.97 Å². The van der Waals surface area contributed by atoms with Crippen LogP contribution in [0.5, 0.6) is 0 Å². The average Bonchev–Trinajstić information content (AvgIpc) is 2.68. The summed E-state index contributed by atoms with van der Waals surface area (Å²) in [4.78, 5) is 16.7. The Morgan fingerprint density at radius 3 is 2.65 bits per heavy atom. The van der Waals surface area contributed by atoms with Crippen LogP contribution in [0.25, 0.3) is 0 Å². The van der Waals surface area contributed by atoms with Gasteiger partial charge in [-0.1, -0.05) is 0 Å². The smallest absolute Gasteiger partial charge is 0.311 e. The van der Waals surface area contributed by atoms with Gasteiger partial charge in [0.2, 0.25) is 0 Å². The van der Waals surface area contributed by atoms with E-state index in [1.54, 1.807) is 0 Å². The first-order valence-electron chi connectivity index (χ1n) is 7.86. The second-order valence-electron chi connectivity index (χ2n) is 6.77. The van der Waals surface area contributed by atoms with Gasteiger partial charge in [0.05, 0.1) is 5.41 Å². The van der Waals surface area contributed by atoms with Crippen LogP contribution in [0, 0.1) is 5.41 Å². The number of fused-ring (bicyclic) bond motifs is 2. The third-order valence-electron chi connectivity index (χ3n) is 5.66. The van der Waals surface area contributed by atoms with Crippen molar-refractivity contribution in [3.05, 3.63) is 0 Å². The molecule has 5 nitrogen and oxygen atoms in total. The summed E-state index contributed by atoms with van der Waals surface area (Å²) in [5.41, 5.74) is -0.583. The van der Waals surface area contributed by atoms with Crippen molar-refractivity contribution < 1.29 is 14.6 Å². The Labute approximate surface area is 120 Å². The summed E-state index contributed by atoms with van der Waals surface area (Å²) in [5.74, 6) is -0.636. The zero-order chi connectivity index (χ0) is 14.2. The zero-order valence-electron chi connectivity index (χ0n) is 12.4. The molecule has 3 heterocycles. The molecule has 0 amide bonds. The Bertz CT molecular complexity index is 368. The predicted octanol–water partition coefficient (Wildman–Crippen LogP) is 1.04. The van der Waals surface area contributed by atoms with E-state index in [-0.39, 0.29) is 0 Å². The van der Waals surface area contributed by atoms with Crippen molar-refractivity contribution in [1.29, 1.82) is 0 Å². The second kappa shape index (κ2) is 5.62. The van der Waals surface area contributed by atoms with E-state index in [4.69, 9.17) is 4.74 Å². The van der Waals surface area contributed by atoms with E-state index in [0.29, 0.717) is 44.7 Å². The molecule has 3 rings (SSSR count). The molecule has 2 unspecified atom stereocenters. The fourth-order valence-corrected chi connectivity index (χ4v) is 4.15. The number of ether oxygens (including phenoxy) is 1. The van der Waals surface area contributed by atoms with Gasteiger partial charge in [-0.15, -0.1) is 0 Å². The largest absolute Gasteiger partial charge is 0.481 e. The number of likely N-dealkylation sites (tertiary alicyclic amines) is 1. The monoisotopic (exact) mass is 282 g/mol. The Hall–Kier alpha value is -0.650. The Balaban J connectivity index is 1.68. The molecule has 114 valence electrons. The molecule has 0 aromatic heterocycles. The van der Waals surface area contributed by atoms with Crippen molar-refractivity contribution in [1.82, 2.24) is 9.80 Å². The quantitative estimate of drug-likeness (QED) is 0.838. The SMILES string of the molecule is CN1C2CCC1CN(CC1(C(=O)O)CCOCC1)CC2. The number of aliphatic carboxylic acids is 1. The molecule has 0 aromatic rings. The molecule has 0 radical (unpaired) electrons. The molecule has 3 aliphatic heterocycles. The summed E-state index contributed by atoms with van der Waals surface area (Å²) in [5, 5.41) is 9.68. The van der Waals surface area contributed by atoms with Gasteiger partial charge in [-0.05, 0) is 45.7 Å².